The molecule has 3 aromatic carbocycles. The molecule has 0 bridgehead atoms. The summed E-state index contributed by atoms with van der Waals surface area (Å²) in [5.74, 6) is 1.06. The lowest BCUT2D eigenvalue weighted by Gasteiger charge is -2.20. The van der Waals surface area contributed by atoms with Crippen molar-refractivity contribution >= 4 is 17.9 Å². The first-order chi connectivity index (χ1) is 13.6. The smallest absolute Gasteiger partial charge is 0.150 e. The van der Waals surface area contributed by atoms with Crippen LogP contribution in [-0.2, 0) is 0 Å². The van der Waals surface area contributed by atoms with Crippen molar-refractivity contribution in [2.75, 3.05) is 6.61 Å². The van der Waals surface area contributed by atoms with Crippen LogP contribution in [0.25, 0.3) is 0 Å². The average Bonchev–Trinajstić information content (AvgIpc) is 2.71. The monoisotopic (exact) mass is 392 g/mol. The molecule has 0 N–H and O–H groups in total. The highest BCUT2D eigenvalue weighted by Gasteiger charge is 2.15. The maximum Gasteiger partial charge on any atom is 0.150 e. The first-order valence-electron chi connectivity index (χ1n) is 9.57. The lowest BCUT2D eigenvalue weighted by atomic mass is 9.86. The predicted molar refractivity (Wildman–Crippen MR) is 116 cm³/mol. The van der Waals surface area contributed by atoms with Crippen LogP contribution in [0.3, 0.4) is 0 Å². The molecule has 0 fully saturated rings. The number of aldehydes is 1. The van der Waals surface area contributed by atoms with Gasteiger partial charge in [-0.15, -0.1) is 0 Å². The van der Waals surface area contributed by atoms with Crippen molar-refractivity contribution in [3.8, 4) is 5.75 Å². The van der Waals surface area contributed by atoms with Gasteiger partial charge in [0, 0.05) is 16.5 Å². The van der Waals surface area contributed by atoms with Crippen LogP contribution in [0.2, 0.25) is 5.02 Å². The molecule has 0 heterocycles. The molecule has 1 atom stereocenters. The van der Waals surface area contributed by atoms with Gasteiger partial charge >= 0.3 is 0 Å². The summed E-state index contributed by atoms with van der Waals surface area (Å²) in [4.78, 5) is 10.7. The molecule has 0 aromatic heterocycles. The first-order valence-corrected chi connectivity index (χ1v) is 9.95. The summed E-state index contributed by atoms with van der Waals surface area (Å²) in [6.07, 6.45) is 2.72. The minimum Gasteiger partial charge on any atom is -0.494 e. The van der Waals surface area contributed by atoms with Crippen molar-refractivity contribution in [1.29, 1.82) is 0 Å². The number of halogens is 1. The Morgan fingerprint density at radius 1 is 0.929 bits per heavy atom. The fourth-order valence-electron chi connectivity index (χ4n) is 3.35. The van der Waals surface area contributed by atoms with Crippen LogP contribution < -0.4 is 4.74 Å². The van der Waals surface area contributed by atoms with Crippen LogP contribution in [0.5, 0.6) is 5.75 Å². The van der Waals surface area contributed by atoms with Crippen LogP contribution in [0.4, 0.5) is 0 Å². The highest BCUT2D eigenvalue weighted by atomic mass is 35.5. The van der Waals surface area contributed by atoms with E-state index in [2.05, 4.69) is 44.2 Å². The molecule has 0 aliphatic carbocycles. The summed E-state index contributed by atoms with van der Waals surface area (Å²) in [5.41, 5.74) is 5.79. The highest BCUT2D eigenvalue weighted by molar-refractivity contribution is 6.30. The van der Waals surface area contributed by atoms with Crippen LogP contribution >= 0.6 is 11.6 Å². The van der Waals surface area contributed by atoms with Gasteiger partial charge < -0.3 is 4.74 Å². The zero-order chi connectivity index (χ0) is 19.9. The van der Waals surface area contributed by atoms with Gasteiger partial charge in [-0.3, -0.25) is 4.79 Å². The van der Waals surface area contributed by atoms with Gasteiger partial charge in [-0.25, -0.2) is 0 Å². The molecular formula is C25H25ClO2. The van der Waals surface area contributed by atoms with Gasteiger partial charge in [0.2, 0.25) is 0 Å². The van der Waals surface area contributed by atoms with Crippen LogP contribution in [0.15, 0.2) is 66.7 Å². The van der Waals surface area contributed by atoms with E-state index in [0.29, 0.717) is 12.2 Å². The minimum absolute atomic E-state index is 0.277. The molecule has 0 spiro atoms. The Labute approximate surface area is 172 Å². The zero-order valence-electron chi connectivity index (χ0n) is 16.3. The molecule has 144 valence electrons. The molecule has 0 unspecified atom stereocenters. The molecule has 2 nitrogen and oxygen atoms in total. The molecule has 0 saturated heterocycles. The third-order valence-electron chi connectivity index (χ3n) is 5.11. The molecule has 3 rings (SSSR count). The molecule has 0 radical (unpaired) electrons. The van der Waals surface area contributed by atoms with E-state index >= 15 is 0 Å². The van der Waals surface area contributed by atoms with Gasteiger partial charge in [-0.1, -0.05) is 41.9 Å². The van der Waals surface area contributed by atoms with Crippen molar-refractivity contribution in [3.05, 3.63) is 99.6 Å². The standard InChI is InChI=1S/C25H25ClO2/c1-18-8-11-22(15-19(18)2)25(21-5-3-6-23(26)16-21)7-4-14-28-24-12-9-20(17-27)10-13-24/h3,5-6,8-13,15-17,25H,4,7,14H2,1-2H3/t25-/m1/s1. The molecule has 0 aliphatic rings. The van der Waals surface area contributed by atoms with E-state index in [1.807, 2.05) is 24.3 Å². The number of ether oxygens (including phenoxy) is 1. The van der Waals surface area contributed by atoms with E-state index in [-0.39, 0.29) is 5.92 Å². The topological polar surface area (TPSA) is 26.3 Å². The Kier molecular flexibility index (Phi) is 6.89. The summed E-state index contributed by atoms with van der Waals surface area (Å²) >= 11 is 6.25. The SMILES string of the molecule is Cc1ccc([C@H](CCCOc2ccc(C=O)cc2)c2cccc(Cl)c2)cc1C. The largest absolute Gasteiger partial charge is 0.494 e. The van der Waals surface area contributed by atoms with E-state index in [9.17, 15) is 4.79 Å². The van der Waals surface area contributed by atoms with Crippen molar-refractivity contribution in [2.24, 2.45) is 0 Å². The van der Waals surface area contributed by atoms with E-state index in [1.165, 1.54) is 22.3 Å². The molecular weight excluding hydrogens is 368 g/mol. The number of rotatable bonds is 8. The summed E-state index contributed by atoms with van der Waals surface area (Å²) in [7, 11) is 0. The number of hydrogen-bond donors (Lipinski definition) is 0. The maximum atomic E-state index is 10.7. The maximum absolute atomic E-state index is 10.7. The van der Waals surface area contributed by atoms with Gasteiger partial charge in [0.05, 0.1) is 6.61 Å². The third kappa shape index (κ3) is 5.24. The first kappa shape index (κ1) is 20.2. The van der Waals surface area contributed by atoms with E-state index in [0.717, 1.165) is 29.9 Å². The van der Waals surface area contributed by atoms with Crippen molar-refractivity contribution in [1.82, 2.24) is 0 Å². The summed E-state index contributed by atoms with van der Waals surface area (Å²) < 4.78 is 5.85. The Bertz CT molecular complexity index is 932. The average molecular weight is 393 g/mol. The molecule has 0 aliphatic heterocycles. The highest BCUT2D eigenvalue weighted by Crippen LogP contribution is 2.32. The van der Waals surface area contributed by atoms with Crippen molar-refractivity contribution < 1.29 is 9.53 Å². The molecule has 0 saturated carbocycles. The number of aryl methyl sites for hydroxylation is 2. The Balaban J connectivity index is 1.70. The second-order valence-corrected chi connectivity index (χ2v) is 7.57. The fraction of sp³-hybridized carbons (Fsp3) is 0.240. The molecule has 3 heteroatoms. The van der Waals surface area contributed by atoms with Gasteiger partial charge in [0.1, 0.15) is 12.0 Å². The van der Waals surface area contributed by atoms with Crippen LogP contribution in [0.1, 0.15) is 51.4 Å². The normalized spacial score (nSPS) is 11.8. The zero-order valence-corrected chi connectivity index (χ0v) is 17.1. The fourth-order valence-corrected chi connectivity index (χ4v) is 3.55. The van der Waals surface area contributed by atoms with E-state index in [1.54, 1.807) is 12.1 Å². The third-order valence-corrected chi connectivity index (χ3v) is 5.34. The van der Waals surface area contributed by atoms with Crippen molar-refractivity contribution in [2.45, 2.75) is 32.6 Å². The minimum atomic E-state index is 0.277. The van der Waals surface area contributed by atoms with Crippen LogP contribution in [0, 0.1) is 13.8 Å². The summed E-state index contributed by atoms with van der Waals surface area (Å²) in [6.45, 7) is 4.92. The predicted octanol–water partition coefficient (Wildman–Crippen LogP) is 6.76. The van der Waals surface area contributed by atoms with E-state index in [4.69, 9.17) is 16.3 Å². The number of carbonyl (C=O) groups is 1. The summed E-state index contributed by atoms with van der Waals surface area (Å²) in [6, 6.07) is 22.0. The Hall–Kier alpha value is -2.58. The molecule has 3 aromatic rings. The van der Waals surface area contributed by atoms with Gasteiger partial charge in [-0.05, 0) is 85.3 Å². The van der Waals surface area contributed by atoms with Gasteiger partial charge in [0.25, 0.3) is 0 Å². The Morgan fingerprint density at radius 2 is 1.68 bits per heavy atom. The molecule has 0 amide bonds. The van der Waals surface area contributed by atoms with Crippen molar-refractivity contribution in [3.63, 3.8) is 0 Å². The number of carbonyl (C=O) groups excluding carboxylic acids is 1. The summed E-state index contributed by atoms with van der Waals surface area (Å²) in [5, 5.41) is 0.762. The van der Waals surface area contributed by atoms with Gasteiger partial charge in [0.15, 0.2) is 0 Å². The second kappa shape index (κ2) is 9.57. The van der Waals surface area contributed by atoms with E-state index < -0.39 is 0 Å². The number of benzene rings is 3. The lowest BCUT2D eigenvalue weighted by molar-refractivity contribution is 0.112. The van der Waals surface area contributed by atoms with Crippen LogP contribution in [-0.4, -0.2) is 12.9 Å². The lowest BCUT2D eigenvalue weighted by Crippen LogP contribution is -2.06. The Morgan fingerprint density at radius 3 is 2.36 bits per heavy atom. The quantitative estimate of drug-likeness (QED) is 0.312. The second-order valence-electron chi connectivity index (χ2n) is 7.13. The number of hydrogen-bond acceptors (Lipinski definition) is 2. The van der Waals surface area contributed by atoms with Gasteiger partial charge in [-0.2, -0.15) is 0 Å². The molecule has 28 heavy (non-hydrogen) atoms.